The number of aromatic nitrogens is 2. The number of nitrogens with one attached hydrogen (secondary N) is 2. The average Bonchev–Trinajstić information content (AvgIpc) is 3.07. The van der Waals surface area contributed by atoms with Gasteiger partial charge in [-0.3, -0.25) is 4.79 Å². The fraction of sp³-hybridized carbons (Fsp3) is 0.111. The Balaban J connectivity index is 1.59. The Labute approximate surface area is 129 Å². The Morgan fingerprint density at radius 1 is 1.00 bits per heavy atom. The zero-order chi connectivity index (χ0) is 15.2. The smallest absolute Gasteiger partial charge is 0.251 e. The van der Waals surface area contributed by atoms with Crippen LogP contribution in [0.5, 0.6) is 0 Å². The van der Waals surface area contributed by atoms with Crippen molar-refractivity contribution in [1.82, 2.24) is 15.3 Å². The third-order valence-corrected chi connectivity index (χ3v) is 3.46. The summed E-state index contributed by atoms with van der Waals surface area (Å²) in [6.07, 6.45) is 4.26. The first-order chi connectivity index (χ1) is 10.8. The summed E-state index contributed by atoms with van der Waals surface area (Å²) in [5.74, 6) is -0.0584. The van der Waals surface area contributed by atoms with Gasteiger partial charge in [-0.05, 0) is 23.3 Å². The number of amides is 1. The van der Waals surface area contributed by atoms with Gasteiger partial charge >= 0.3 is 0 Å². The summed E-state index contributed by atoms with van der Waals surface area (Å²) >= 11 is 0. The lowest BCUT2D eigenvalue weighted by molar-refractivity contribution is 0.0951. The van der Waals surface area contributed by atoms with Gasteiger partial charge in [0, 0.05) is 30.4 Å². The first-order valence-corrected chi connectivity index (χ1v) is 7.19. The van der Waals surface area contributed by atoms with Gasteiger partial charge in [-0.15, -0.1) is 0 Å². The van der Waals surface area contributed by atoms with Gasteiger partial charge in [0.15, 0.2) is 0 Å². The minimum Gasteiger partial charge on any atom is -0.348 e. The third-order valence-electron chi connectivity index (χ3n) is 3.46. The summed E-state index contributed by atoms with van der Waals surface area (Å²) in [5, 5.41) is 2.93. The van der Waals surface area contributed by atoms with Crippen LogP contribution in [0.1, 0.15) is 27.2 Å². The fourth-order valence-corrected chi connectivity index (χ4v) is 2.26. The molecule has 0 saturated heterocycles. The van der Waals surface area contributed by atoms with Crippen LogP contribution < -0.4 is 5.32 Å². The summed E-state index contributed by atoms with van der Waals surface area (Å²) in [5.41, 5.74) is 3.96. The number of H-pyrrole nitrogens is 1. The molecule has 2 N–H and O–H groups in total. The largest absolute Gasteiger partial charge is 0.348 e. The second kappa shape index (κ2) is 6.72. The topological polar surface area (TPSA) is 57.8 Å². The zero-order valence-corrected chi connectivity index (χ0v) is 12.1. The van der Waals surface area contributed by atoms with Gasteiger partial charge in [0.2, 0.25) is 0 Å². The quantitative estimate of drug-likeness (QED) is 0.759. The molecule has 3 aromatic rings. The molecule has 2 aromatic carbocycles. The van der Waals surface area contributed by atoms with Crippen LogP contribution in [0.15, 0.2) is 67.1 Å². The molecule has 4 heteroatoms. The minimum atomic E-state index is -0.0584. The molecule has 0 atom stereocenters. The molecule has 22 heavy (non-hydrogen) atoms. The van der Waals surface area contributed by atoms with Crippen molar-refractivity contribution < 1.29 is 4.79 Å². The molecule has 3 rings (SSSR count). The lowest BCUT2D eigenvalue weighted by Crippen LogP contribution is -2.22. The van der Waals surface area contributed by atoms with Crippen LogP contribution in [0.2, 0.25) is 0 Å². The fourth-order valence-electron chi connectivity index (χ4n) is 2.26. The van der Waals surface area contributed by atoms with Crippen molar-refractivity contribution in [3.63, 3.8) is 0 Å². The number of rotatable bonds is 5. The number of carbonyl (C=O) groups excluding carboxylic acids is 1. The Bertz CT molecular complexity index is 719. The Hall–Kier alpha value is -2.88. The molecule has 0 fully saturated rings. The molecular formula is C18H17N3O. The van der Waals surface area contributed by atoms with Crippen molar-refractivity contribution in [2.75, 3.05) is 0 Å². The lowest BCUT2D eigenvalue weighted by atomic mass is 10.1. The maximum Gasteiger partial charge on any atom is 0.251 e. The molecule has 0 unspecified atom stereocenters. The van der Waals surface area contributed by atoms with E-state index in [2.05, 4.69) is 15.3 Å². The SMILES string of the molecule is O=C(NCc1ccccc1)c1ccc(Cc2cnc[nH]2)cc1. The summed E-state index contributed by atoms with van der Waals surface area (Å²) in [6, 6.07) is 17.5. The summed E-state index contributed by atoms with van der Waals surface area (Å²) < 4.78 is 0. The second-order valence-corrected chi connectivity index (χ2v) is 5.12. The average molecular weight is 291 g/mol. The molecule has 0 spiro atoms. The zero-order valence-electron chi connectivity index (χ0n) is 12.1. The van der Waals surface area contributed by atoms with Gasteiger partial charge < -0.3 is 10.3 Å². The van der Waals surface area contributed by atoms with Crippen molar-refractivity contribution in [3.05, 3.63) is 89.5 Å². The highest BCUT2D eigenvalue weighted by Crippen LogP contribution is 2.09. The van der Waals surface area contributed by atoms with Gasteiger partial charge in [0.1, 0.15) is 0 Å². The van der Waals surface area contributed by atoms with Crippen molar-refractivity contribution >= 4 is 5.91 Å². The van der Waals surface area contributed by atoms with Crippen molar-refractivity contribution in [2.45, 2.75) is 13.0 Å². The van der Waals surface area contributed by atoms with Crippen LogP contribution in [0.3, 0.4) is 0 Å². The van der Waals surface area contributed by atoms with E-state index in [1.54, 1.807) is 12.5 Å². The minimum absolute atomic E-state index is 0.0584. The number of nitrogens with zero attached hydrogens (tertiary/aromatic N) is 1. The van der Waals surface area contributed by atoms with E-state index in [-0.39, 0.29) is 5.91 Å². The van der Waals surface area contributed by atoms with E-state index in [0.717, 1.165) is 23.2 Å². The highest BCUT2D eigenvalue weighted by molar-refractivity contribution is 5.94. The van der Waals surface area contributed by atoms with Crippen LogP contribution in [0.4, 0.5) is 0 Å². The Morgan fingerprint density at radius 3 is 2.45 bits per heavy atom. The van der Waals surface area contributed by atoms with Crippen molar-refractivity contribution in [2.24, 2.45) is 0 Å². The standard InChI is InChI=1S/C18H17N3O/c22-18(20-11-15-4-2-1-3-5-15)16-8-6-14(7-9-16)10-17-12-19-13-21-17/h1-9,12-13H,10-11H2,(H,19,21)(H,20,22). The molecule has 0 saturated carbocycles. The van der Waals surface area contributed by atoms with Crippen LogP contribution in [0, 0.1) is 0 Å². The van der Waals surface area contributed by atoms with Crippen LogP contribution in [-0.2, 0) is 13.0 Å². The Morgan fingerprint density at radius 2 is 1.77 bits per heavy atom. The molecule has 1 amide bonds. The van der Waals surface area contributed by atoms with Gasteiger partial charge in [0.05, 0.1) is 6.33 Å². The lowest BCUT2D eigenvalue weighted by Gasteiger charge is -2.06. The molecule has 1 aromatic heterocycles. The summed E-state index contributed by atoms with van der Waals surface area (Å²) in [7, 11) is 0. The predicted molar refractivity (Wildman–Crippen MR) is 85.4 cm³/mol. The first kappa shape index (κ1) is 14.1. The number of hydrogen-bond donors (Lipinski definition) is 2. The highest BCUT2D eigenvalue weighted by atomic mass is 16.1. The third kappa shape index (κ3) is 3.61. The number of aromatic amines is 1. The van der Waals surface area contributed by atoms with Gasteiger partial charge in [-0.2, -0.15) is 0 Å². The van der Waals surface area contributed by atoms with E-state index >= 15 is 0 Å². The van der Waals surface area contributed by atoms with Crippen LogP contribution in [0.25, 0.3) is 0 Å². The van der Waals surface area contributed by atoms with E-state index in [9.17, 15) is 4.79 Å². The predicted octanol–water partition coefficient (Wildman–Crippen LogP) is 2.93. The van der Waals surface area contributed by atoms with Gasteiger partial charge in [0.25, 0.3) is 5.91 Å². The molecule has 0 bridgehead atoms. The van der Waals surface area contributed by atoms with E-state index < -0.39 is 0 Å². The molecule has 4 nitrogen and oxygen atoms in total. The van der Waals surface area contributed by atoms with E-state index in [1.807, 2.05) is 54.6 Å². The summed E-state index contributed by atoms with van der Waals surface area (Å²) in [6.45, 7) is 0.537. The van der Waals surface area contributed by atoms with E-state index in [1.165, 1.54) is 0 Å². The van der Waals surface area contributed by atoms with Crippen LogP contribution >= 0.6 is 0 Å². The molecule has 1 heterocycles. The molecule has 110 valence electrons. The summed E-state index contributed by atoms with van der Waals surface area (Å²) in [4.78, 5) is 19.2. The number of carbonyl (C=O) groups is 1. The number of hydrogen-bond acceptors (Lipinski definition) is 2. The number of benzene rings is 2. The maximum atomic E-state index is 12.1. The Kier molecular flexibility index (Phi) is 4.30. The monoisotopic (exact) mass is 291 g/mol. The number of imidazole rings is 1. The van der Waals surface area contributed by atoms with Crippen molar-refractivity contribution in [3.8, 4) is 0 Å². The van der Waals surface area contributed by atoms with Crippen molar-refractivity contribution in [1.29, 1.82) is 0 Å². The molecule has 0 aliphatic carbocycles. The highest BCUT2D eigenvalue weighted by Gasteiger charge is 2.05. The molecule has 0 aliphatic heterocycles. The normalized spacial score (nSPS) is 10.4. The molecule has 0 radical (unpaired) electrons. The van der Waals surface area contributed by atoms with Crippen LogP contribution in [-0.4, -0.2) is 15.9 Å². The van der Waals surface area contributed by atoms with E-state index in [0.29, 0.717) is 12.1 Å². The van der Waals surface area contributed by atoms with Gasteiger partial charge in [-0.1, -0.05) is 42.5 Å². The van der Waals surface area contributed by atoms with Gasteiger partial charge in [-0.25, -0.2) is 4.98 Å². The first-order valence-electron chi connectivity index (χ1n) is 7.19. The second-order valence-electron chi connectivity index (χ2n) is 5.12. The van der Waals surface area contributed by atoms with E-state index in [4.69, 9.17) is 0 Å². The molecular weight excluding hydrogens is 274 g/mol. The molecule has 0 aliphatic rings. The maximum absolute atomic E-state index is 12.1.